The van der Waals surface area contributed by atoms with E-state index in [4.69, 9.17) is 0 Å². The van der Waals surface area contributed by atoms with Gasteiger partial charge in [-0.15, -0.1) is 11.8 Å². The average molecular weight is 545 g/mol. The molecule has 12 heteroatoms. The lowest BCUT2D eigenvalue weighted by atomic mass is 9.84. The van der Waals surface area contributed by atoms with E-state index in [1.54, 1.807) is 12.1 Å². The molecule has 0 bridgehead atoms. The van der Waals surface area contributed by atoms with Gasteiger partial charge in [0.25, 0.3) is 5.91 Å². The molecule has 0 aliphatic heterocycles. The molecule has 2 aromatic rings. The molecule has 2 aromatic carbocycles. The molecular weight excluding hydrogens is 517 g/mol. The van der Waals surface area contributed by atoms with Crippen molar-refractivity contribution in [2.75, 3.05) is 18.6 Å². The van der Waals surface area contributed by atoms with Crippen LogP contribution < -0.4 is 10.6 Å². The van der Waals surface area contributed by atoms with E-state index in [9.17, 15) is 36.3 Å². The number of nitrogens with one attached hydrogen (secondary N) is 2. The van der Waals surface area contributed by atoms with Crippen molar-refractivity contribution in [2.24, 2.45) is 5.92 Å². The maximum Gasteiger partial charge on any atom is 0.416 e. The van der Waals surface area contributed by atoms with Crippen molar-refractivity contribution >= 4 is 33.4 Å². The van der Waals surface area contributed by atoms with E-state index in [1.165, 1.54) is 30.0 Å². The molecule has 0 spiro atoms. The van der Waals surface area contributed by atoms with E-state index in [0.29, 0.717) is 18.9 Å². The fraction of sp³-hybridized carbons (Fsp3) is 0.417. The number of benzene rings is 2. The van der Waals surface area contributed by atoms with Crippen LogP contribution in [0.5, 0.6) is 0 Å². The molecule has 0 radical (unpaired) electrons. The third-order valence-electron chi connectivity index (χ3n) is 6.01. The normalized spacial score (nSPS) is 20.5. The van der Waals surface area contributed by atoms with Crippen molar-refractivity contribution in [1.82, 2.24) is 10.6 Å². The number of sulfone groups is 1. The Balaban J connectivity index is 1.62. The quantitative estimate of drug-likeness (QED) is 0.440. The highest BCUT2D eigenvalue weighted by atomic mass is 32.2. The van der Waals surface area contributed by atoms with E-state index in [0.717, 1.165) is 17.0 Å². The van der Waals surface area contributed by atoms with Crippen LogP contribution in [-0.4, -0.2) is 56.0 Å². The van der Waals surface area contributed by atoms with Crippen molar-refractivity contribution in [3.63, 3.8) is 0 Å². The van der Waals surface area contributed by atoms with Gasteiger partial charge in [0.1, 0.15) is 0 Å². The first-order chi connectivity index (χ1) is 16.9. The summed E-state index contributed by atoms with van der Waals surface area (Å²) in [5.41, 5.74) is -1.22. The molecule has 3 atom stereocenters. The number of hydrogen-bond acceptors (Lipinski definition) is 6. The second-order valence-corrected chi connectivity index (χ2v) is 11.5. The number of carbonyl (C=O) groups is 2. The first-order valence-electron chi connectivity index (χ1n) is 11.2. The van der Waals surface area contributed by atoms with Gasteiger partial charge in [-0.05, 0) is 73.9 Å². The van der Waals surface area contributed by atoms with Gasteiger partial charge in [0, 0.05) is 16.5 Å². The number of aliphatic hydroxyl groups is 1. The smallest absolute Gasteiger partial charge is 0.393 e. The summed E-state index contributed by atoms with van der Waals surface area (Å²) in [6.45, 7) is -0.496. The molecule has 1 aliphatic carbocycles. The van der Waals surface area contributed by atoms with Crippen LogP contribution in [0.25, 0.3) is 0 Å². The molecule has 1 fully saturated rings. The lowest BCUT2D eigenvalue weighted by Crippen LogP contribution is -2.49. The number of alkyl halides is 3. The fourth-order valence-corrected chi connectivity index (χ4v) is 6.22. The molecular formula is C24H27F3N2O5S2. The summed E-state index contributed by atoms with van der Waals surface area (Å²) in [6.07, 6.45) is -2.52. The fourth-order valence-electron chi connectivity index (χ4n) is 4.13. The molecule has 36 heavy (non-hydrogen) atoms. The van der Waals surface area contributed by atoms with Gasteiger partial charge in [-0.2, -0.15) is 13.2 Å². The van der Waals surface area contributed by atoms with E-state index in [2.05, 4.69) is 10.6 Å². The zero-order valence-corrected chi connectivity index (χ0v) is 21.0. The Bertz CT molecular complexity index is 1190. The second-order valence-electron chi connectivity index (χ2n) is 8.62. The van der Waals surface area contributed by atoms with Crippen LogP contribution in [0.1, 0.15) is 35.2 Å². The molecule has 3 N–H and O–H groups in total. The van der Waals surface area contributed by atoms with Gasteiger partial charge in [-0.3, -0.25) is 9.59 Å². The number of aliphatic hydroxyl groups excluding tert-OH is 1. The average Bonchev–Trinajstić information content (AvgIpc) is 2.83. The van der Waals surface area contributed by atoms with Crippen LogP contribution in [0, 0.1) is 5.92 Å². The van der Waals surface area contributed by atoms with Gasteiger partial charge < -0.3 is 15.7 Å². The predicted octanol–water partition coefficient (Wildman–Crippen LogP) is 3.28. The molecule has 2 amide bonds. The van der Waals surface area contributed by atoms with Gasteiger partial charge in [0.2, 0.25) is 5.91 Å². The number of halogens is 3. The Kier molecular flexibility index (Phi) is 9.07. The first kappa shape index (κ1) is 28.0. The number of amides is 2. The minimum Gasteiger partial charge on any atom is -0.393 e. The van der Waals surface area contributed by atoms with Crippen LogP contribution in [0.3, 0.4) is 0 Å². The largest absolute Gasteiger partial charge is 0.416 e. The molecule has 0 heterocycles. The highest BCUT2D eigenvalue weighted by molar-refractivity contribution is 7.98. The van der Waals surface area contributed by atoms with Crippen LogP contribution >= 0.6 is 11.8 Å². The molecule has 3 rings (SSSR count). The summed E-state index contributed by atoms with van der Waals surface area (Å²) >= 11 is 1.48. The Hall–Kier alpha value is -2.57. The van der Waals surface area contributed by atoms with E-state index in [-0.39, 0.29) is 22.6 Å². The number of thioether (sulfide) groups is 1. The van der Waals surface area contributed by atoms with Gasteiger partial charge in [-0.1, -0.05) is 6.07 Å². The predicted molar refractivity (Wildman–Crippen MR) is 129 cm³/mol. The third kappa shape index (κ3) is 7.47. The first-order valence-corrected chi connectivity index (χ1v) is 14.1. The van der Waals surface area contributed by atoms with E-state index < -0.39 is 58.0 Å². The highest BCUT2D eigenvalue weighted by Crippen LogP contribution is 2.30. The lowest BCUT2D eigenvalue weighted by molar-refractivity contribution is -0.137. The second kappa shape index (κ2) is 11.7. The molecule has 196 valence electrons. The summed E-state index contributed by atoms with van der Waals surface area (Å²) in [5, 5.41) is 15.1. The molecule has 0 aromatic heterocycles. The van der Waals surface area contributed by atoms with Crippen molar-refractivity contribution in [3.05, 3.63) is 59.7 Å². The zero-order valence-electron chi connectivity index (χ0n) is 19.4. The molecule has 1 aliphatic rings. The Morgan fingerprint density at radius 2 is 1.81 bits per heavy atom. The van der Waals surface area contributed by atoms with Gasteiger partial charge >= 0.3 is 6.18 Å². The molecule has 0 saturated heterocycles. The summed E-state index contributed by atoms with van der Waals surface area (Å²) in [4.78, 5) is 25.8. The number of hydrogen-bond donors (Lipinski definition) is 3. The van der Waals surface area contributed by atoms with Crippen LogP contribution in [0.4, 0.5) is 13.2 Å². The highest BCUT2D eigenvalue weighted by Gasteiger charge is 2.35. The molecule has 1 saturated carbocycles. The van der Waals surface area contributed by atoms with Gasteiger partial charge in [-0.25, -0.2) is 8.42 Å². The summed E-state index contributed by atoms with van der Waals surface area (Å²) in [7, 11) is -3.69. The Labute approximate surface area is 211 Å². The third-order valence-corrected chi connectivity index (χ3v) is 8.62. The molecule has 7 nitrogen and oxygen atoms in total. The zero-order chi connectivity index (χ0) is 26.5. The van der Waals surface area contributed by atoms with E-state index in [1.807, 2.05) is 6.26 Å². The SMILES string of the molecule is CSc1ccc(S(=O)(=O)C[C@@H]2C[C@@H](O)CC[C@@H]2NC(=O)CNC(=O)c2cccc(C(F)(F)F)c2)cc1. The van der Waals surface area contributed by atoms with E-state index >= 15 is 0 Å². The topological polar surface area (TPSA) is 113 Å². The maximum absolute atomic E-state index is 13.0. The minimum absolute atomic E-state index is 0.152. The van der Waals surface area contributed by atoms with Crippen LogP contribution in [-0.2, 0) is 20.8 Å². The van der Waals surface area contributed by atoms with Crippen molar-refractivity contribution in [2.45, 2.75) is 47.4 Å². The lowest BCUT2D eigenvalue weighted by Gasteiger charge is -2.34. The van der Waals surface area contributed by atoms with Crippen LogP contribution in [0.15, 0.2) is 58.3 Å². The van der Waals surface area contributed by atoms with Crippen molar-refractivity contribution < 1.29 is 36.3 Å². The summed E-state index contributed by atoms with van der Waals surface area (Å²) < 4.78 is 64.6. The summed E-state index contributed by atoms with van der Waals surface area (Å²) in [5.74, 6) is -2.28. The monoisotopic (exact) mass is 544 g/mol. The van der Waals surface area contributed by atoms with Gasteiger partial charge in [0.15, 0.2) is 9.84 Å². The van der Waals surface area contributed by atoms with Crippen molar-refractivity contribution in [3.8, 4) is 0 Å². The minimum atomic E-state index is -4.61. The number of carbonyl (C=O) groups excluding carboxylic acids is 2. The summed E-state index contributed by atoms with van der Waals surface area (Å²) in [6, 6.07) is 9.76. The van der Waals surface area contributed by atoms with Gasteiger partial charge in [0.05, 0.1) is 28.9 Å². The Morgan fingerprint density at radius 1 is 1.11 bits per heavy atom. The number of rotatable bonds is 8. The van der Waals surface area contributed by atoms with Crippen molar-refractivity contribution in [1.29, 1.82) is 0 Å². The molecule has 0 unspecified atom stereocenters. The maximum atomic E-state index is 13.0. The Morgan fingerprint density at radius 3 is 2.44 bits per heavy atom. The standard InChI is InChI=1S/C24H27F3N2O5S2/c1-35-19-6-8-20(9-7-19)36(33,34)14-16-12-18(30)5-10-21(16)29-22(31)13-28-23(32)15-3-2-4-17(11-15)24(25,26)27/h2-4,6-9,11,16,18,21,30H,5,10,12-14H2,1H3,(H,28,32)(H,29,31)/t16-,18-,21-/m0/s1. The van der Waals surface area contributed by atoms with Crippen LogP contribution in [0.2, 0.25) is 0 Å².